The van der Waals surface area contributed by atoms with E-state index >= 15 is 0 Å². The van der Waals surface area contributed by atoms with E-state index in [2.05, 4.69) is 5.32 Å². The molecule has 1 saturated heterocycles. The monoisotopic (exact) mass is 352 g/mol. The van der Waals surface area contributed by atoms with Crippen LogP contribution in [0.4, 0.5) is 10.5 Å². The van der Waals surface area contributed by atoms with Crippen molar-refractivity contribution in [3.63, 3.8) is 0 Å². The lowest BCUT2D eigenvalue weighted by atomic mass is 9.93. The van der Waals surface area contributed by atoms with Gasteiger partial charge in [-0.2, -0.15) is 0 Å². The van der Waals surface area contributed by atoms with Crippen LogP contribution in [0.25, 0.3) is 0 Å². The molecule has 1 amide bonds. The molecule has 1 heterocycles. The van der Waals surface area contributed by atoms with E-state index in [-0.39, 0.29) is 12.3 Å². The zero-order valence-corrected chi connectivity index (χ0v) is 13.5. The highest BCUT2D eigenvalue weighted by molar-refractivity contribution is 5.87. The third kappa shape index (κ3) is 4.66. The van der Waals surface area contributed by atoms with Crippen LogP contribution in [0.2, 0.25) is 0 Å². The molecule has 10 heteroatoms. The van der Waals surface area contributed by atoms with Gasteiger partial charge in [0, 0.05) is 19.1 Å². The maximum absolute atomic E-state index is 11.7. The van der Waals surface area contributed by atoms with E-state index in [1.807, 2.05) is 0 Å². The fourth-order valence-electron chi connectivity index (χ4n) is 2.22. The van der Waals surface area contributed by atoms with Crippen LogP contribution in [0, 0.1) is 16.0 Å². The second-order valence-corrected chi connectivity index (χ2v) is 5.35. The van der Waals surface area contributed by atoms with E-state index in [4.69, 9.17) is 14.2 Å². The van der Waals surface area contributed by atoms with Crippen LogP contribution in [0.3, 0.4) is 0 Å². The molecule has 0 bridgehead atoms. The third-order valence-corrected chi connectivity index (χ3v) is 3.50. The molecule has 134 valence electrons. The van der Waals surface area contributed by atoms with Crippen molar-refractivity contribution in [2.75, 3.05) is 0 Å². The number of rotatable bonds is 6. The third-order valence-electron chi connectivity index (χ3n) is 3.50. The molecule has 25 heavy (non-hydrogen) atoms. The van der Waals surface area contributed by atoms with Gasteiger partial charge in [-0.1, -0.05) is 0 Å². The zero-order chi connectivity index (χ0) is 18.6. The first kappa shape index (κ1) is 18.2. The highest BCUT2D eigenvalue weighted by Gasteiger charge is 2.47. The topological polar surface area (TPSA) is 134 Å². The summed E-state index contributed by atoms with van der Waals surface area (Å²) in [6.07, 6.45) is -2.71. The van der Waals surface area contributed by atoms with Gasteiger partial charge in [0.25, 0.3) is 5.69 Å². The number of nitrogens with one attached hydrogen (secondary N) is 1. The van der Waals surface area contributed by atoms with Gasteiger partial charge in [-0.15, -0.1) is 0 Å². The SMILES string of the molecule is CC(=O)OC1NC(=O)C1C(C)OC(=O)OCc1ccc([N+](=O)[O-])cc1. The molecule has 1 N–H and O–H groups in total. The number of nitro benzene ring substituents is 1. The van der Waals surface area contributed by atoms with E-state index in [1.54, 1.807) is 0 Å². The van der Waals surface area contributed by atoms with Crippen LogP contribution in [0.1, 0.15) is 19.4 Å². The lowest BCUT2D eigenvalue weighted by Gasteiger charge is -2.38. The van der Waals surface area contributed by atoms with Gasteiger partial charge >= 0.3 is 12.1 Å². The molecular formula is C15H16N2O8. The molecule has 0 aromatic heterocycles. The zero-order valence-electron chi connectivity index (χ0n) is 13.5. The summed E-state index contributed by atoms with van der Waals surface area (Å²) in [7, 11) is 0. The quantitative estimate of drug-likeness (QED) is 0.350. The van der Waals surface area contributed by atoms with E-state index in [1.165, 1.54) is 38.1 Å². The molecule has 1 aliphatic heterocycles. The minimum atomic E-state index is -1.01. The van der Waals surface area contributed by atoms with Gasteiger partial charge in [0.15, 0.2) is 6.23 Å². The molecule has 1 aliphatic rings. The van der Waals surface area contributed by atoms with Crippen molar-refractivity contribution < 1.29 is 33.5 Å². The van der Waals surface area contributed by atoms with Crippen molar-refractivity contribution in [3.05, 3.63) is 39.9 Å². The summed E-state index contributed by atoms with van der Waals surface area (Å²) < 4.78 is 14.8. The summed E-state index contributed by atoms with van der Waals surface area (Å²) >= 11 is 0. The minimum absolute atomic E-state index is 0.0764. The van der Waals surface area contributed by atoms with Gasteiger partial charge in [0.1, 0.15) is 18.6 Å². The highest BCUT2D eigenvalue weighted by atomic mass is 16.7. The summed E-state index contributed by atoms with van der Waals surface area (Å²) in [5.74, 6) is -1.78. The number of β-lactam (4-membered cyclic amide) rings is 1. The molecule has 0 aliphatic carbocycles. The number of carbonyl (C=O) groups excluding carboxylic acids is 3. The van der Waals surface area contributed by atoms with Crippen LogP contribution in [0.15, 0.2) is 24.3 Å². The molecule has 1 aromatic rings. The number of nitrogens with zero attached hydrogens (tertiary/aromatic N) is 1. The Morgan fingerprint density at radius 3 is 2.48 bits per heavy atom. The molecular weight excluding hydrogens is 336 g/mol. The second kappa shape index (κ2) is 7.60. The van der Waals surface area contributed by atoms with Crippen LogP contribution in [-0.2, 0) is 30.4 Å². The Morgan fingerprint density at radius 2 is 1.96 bits per heavy atom. The standard InChI is InChI=1S/C15H16N2O8/c1-8(12-13(19)16-14(12)25-9(2)18)24-15(20)23-7-10-3-5-11(6-4-10)17(21)22/h3-6,8,12,14H,7H2,1-2H3,(H,16,19). The number of hydrogen-bond donors (Lipinski definition) is 1. The first-order valence-corrected chi connectivity index (χ1v) is 7.32. The molecule has 0 spiro atoms. The first-order chi connectivity index (χ1) is 11.8. The maximum Gasteiger partial charge on any atom is 0.508 e. The van der Waals surface area contributed by atoms with Gasteiger partial charge in [0.05, 0.1) is 4.92 Å². The number of carbonyl (C=O) groups is 3. The Kier molecular flexibility index (Phi) is 5.52. The summed E-state index contributed by atoms with van der Waals surface area (Å²) in [5, 5.41) is 12.9. The maximum atomic E-state index is 11.7. The number of hydrogen-bond acceptors (Lipinski definition) is 8. The number of esters is 1. The summed E-state index contributed by atoms with van der Waals surface area (Å²) in [6, 6.07) is 5.47. The average Bonchev–Trinajstić information content (AvgIpc) is 2.52. The number of amides is 1. The second-order valence-electron chi connectivity index (χ2n) is 5.35. The largest absolute Gasteiger partial charge is 0.508 e. The molecule has 1 fully saturated rings. The van der Waals surface area contributed by atoms with Gasteiger partial charge in [-0.25, -0.2) is 4.79 Å². The van der Waals surface area contributed by atoms with E-state index < -0.39 is 41.2 Å². The molecule has 3 unspecified atom stereocenters. The molecule has 3 atom stereocenters. The normalized spacial score (nSPS) is 19.8. The number of benzene rings is 1. The Bertz CT molecular complexity index is 687. The van der Waals surface area contributed by atoms with Crippen LogP contribution >= 0.6 is 0 Å². The molecule has 1 aromatic carbocycles. The molecule has 10 nitrogen and oxygen atoms in total. The number of non-ortho nitro benzene ring substituents is 1. The molecule has 0 radical (unpaired) electrons. The van der Waals surface area contributed by atoms with Crippen LogP contribution in [0.5, 0.6) is 0 Å². The van der Waals surface area contributed by atoms with Gasteiger partial charge in [-0.05, 0) is 24.6 Å². The Morgan fingerprint density at radius 1 is 1.32 bits per heavy atom. The van der Waals surface area contributed by atoms with Crippen molar-refractivity contribution in [2.45, 2.75) is 32.8 Å². The fourth-order valence-corrected chi connectivity index (χ4v) is 2.22. The number of nitro groups is 1. The van der Waals surface area contributed by atoms with E-state index in [0.29, 0.717) is 5.56 Å². The molecule has 2 rings (SSSR count). The molecule has 0 saturated carbocycles. The van der Waals surface area contributed by atoms with E-state index in [0.717, 1.165) is 0 Å². The fraction of sp³-hybridized carbons (Fsp3) is 0.400. The van der Waals surface area contributed by atoms with Gasteiger partial charge < -0.3 is 19.5 Å². The predicted molar refractivity (Wildman–Crippen MR) is 81.0 cm³/mol. The van der Waals surface area contributed by atoms with E-state index in [9.17, 15) is 24.5 Å². The summed E-state index contributed by atoms with van der Waals surface area (Å²) in [5.41, 5.74) is 0.460. The summed E-state index contributed by atoms with van der Waals surface area (Å²) in [6.45, 7) is 2.53. The van der Waals surface area contributed by atoms with Crippen molar-refractivity contribution in [3.8, 4) is 0 Å². The van der Waals surface area contributed by atoms with Crippen molar-refractivity contribution in [1.82, 2.24) is 5.32 Å². The van der Waals surface area contributed by atoms with Gasteiger partial charge in [0.2, 0.25) is 5.91 Å². The average molecular weight is 352 g/mol. The Hall–Kier alpha value is -3.17. The first-order valence-electron chi connectivity index (χ1n) is 7.32. The van der Waals surface area contributed by atoms with Crippen molar-refractivity contribution >= 4 is 23.7 Å². The Balaban J connectivity index is 1.82. The van der Waals surface area contributed by atoms with Crippen LogP contribution in [-0.4, -0.2) is 35.3 Å². The number of ether oxygens (including phenoxy) is 3. The van der Waals surface area contributed by atoms with Gasteiger partial charge in [-0.3, -0.25) is 19.7 Å². The Labute approximate surface area is 142 Å². The summed E-state index contributed by atoms with van der Waals surface area (Å²) in [4.78, 5) is 44.1. The lowest BCUT2D eigenvalue weighted by molar-refractivity contribution is -0.384. The van der Waals surface area contributed by atoms with Crippen molar-refractivity contribution in [1.29, 1.82) is 0 Å². The minimum Gasteiger partial charge on any atom is -0.441 e. The highest BCUT2D eigenvalue weighted by Crippen LogP contribution is 2.23. The smallest absolute Gasteiger partial charge is 0.441 e. The van der Waals surface area contributed by atoms with Crippen LogP contribution < -0.4 is 5.32 Å². The van der Waals surface area contributed by atoms with Crippen molar-refractivity contribution in [2.24, 2.45) is 5.92 Å². The lowest BCUT2D eigenvalue weighted by Crippen LogP contribution is -2.63. The predicted octanol–water partition coefficient (Wildman–Crippen LogP) is 1.27.